The Kier molecular flexibility index (Phi) is 6.90. The first kappa shape index (κ1) is 22.0. The number of ether oxygens (including phenoxy) is 2. The number of aryl methyl sites for hydroxylation is 1. The van der Waals surface area contributed by atoms with Crippen molar-refractivity contribution in [3.05, 3.63) is 60.8 Å². The molecule has 0 aliphatic carbocycles. The summed E-state index contributed by atoms with van der Waals surface area (Å²) in [6.45, 7) is 1.40. The van der Waals surface area contributed by atoms with Crippen LogP contribution in [0, 0.1) is 5.53 Å². The van der Waals surface area contributed by atoms with E-state index in [4.69, 9.17) is 15.0 Å². The van der Waals surface area contributed by atoms with Gasteiger partial charge in [-0.3, -0.25) is 4.68 Å². The molecule has 4 rings (SSSR count). The zero-order valence-electron chi connectivity index (χ0n) is 18.3. The second-order valence-corrected chi connectivity index (χ2v) is 7.08. The molecule has 0 saturated carbocycles. The Hall–Kier alpha value is -4.25. The number of nitrogens with one attached hydrogen (secondary N) is 2. The highest BCUT2D eigenvalue weighted by Crippen LogP contribution is 2.25. The van der Waals surface area contributed by atoms with Crippen LogP contribution in [0.4, 0.5) is 11.6 Å². The summed E-state index contributed by atoms with van der Waals surface area (Å²) in [5.41, 5.74) is 10.7. The van der Waals surface area contributed by atoms with Gasteiger partial charge >= 0.3 is 0 Å². The molecule has 0 amide bonds. The molecule has 0 unspecified atom stereocenters. The van der Waals surface area contributed by atoms with E-state index in [9.17, 15) is 0 Å². The fourth-order valence-electron chi connectivity index (χ4n) is 3.06. The Morgan fingerprint density at radius 3 is 2.64 bits per heavy atom. The van der Waals surface area contributed by atoms with E-state index in [0.29, 0.717) is 42.8 Å². The van der Waals surface area contributed by atoms with Crippen LogP contribution in [0.25, 0.3) is 22.6 Å². The lowest BCUT2D eigenvalue weighted by Crippen LogP contribution is -2.05. The highest BCUT2D eigenvalue weighted by atomic mass is 16.5. The zero-order chi connectivity index (χ0) is 23.0. The van der Waals surface area contributed by atoms with Gasteiger partial charge in [0.25, 0.3) is 0 Å². The van der Waals surface area contributed by atoms with Crippen molar-refractivity contribution in [1.29, 1.82) is 5.53 Å². The van der Waals surface area contributed by atoms with Crippen molar-refractivity contribution in [3.63, 3.8) is 0 Å². The monoisotopic (exact) mass is 445 g/mol. The topological polar surface area (TPSA) is 136 Å². The molecule has 168 valence electrons. The third kappa shape index (κ3) is 5.52. The minimum Gasteiger partial charge on any atom is -0.488 e. The number of anilines is 1. The summed E-state index contributed by atoms with van der Waals surface area (Å²) in [5.74, 6) is 1.82. The van der Waals surface area contributed by atoms with Crippen molar-refractivity contribution in [2.75, 3.05) is 25.6 Å². The van der Waals surface area contributed by atoms with Crippen LogP contribution >= 0.6 is 0 Å². The molecule has 0 atom stereocenters. The molecule has 0 bridgehead atoms. The van der Waals surface area contributed by atoms with E-state index in [1.165, 1.54) is 0 Å². The van der Waals surface area contributed by atoms with Gasteiger partial charge in [0.05, 0.1) is 37.1 Å². The highest BCUT2D eigenvalue weighted by Gasteiger charge is 2.11. The zero-order valence-corrected chi connectivity index (χ0v) is 18.3. The lowest BCUT2D eigenvalue weighted by molar-refractivity contribution is 0.146. The Morgan fingerprint density at radius 2 is 1.91 bits per heavy atom. The fourth-order valence-corrected chi connectivity index (χ4v) is 3.06. The summed E-state index contributed by atoms with van der Waals surface area (Å²) in [5, 5.41) is 10.9. The Bertz CT molecular complexity index is 1220. The van der Waals surface area contributed by atoms with Crippen LogP contribution in [0.2, 0.25) is 0 Å². The number of rotatable bonds is 10. The van der Waals surface area contributed by atoms with E-state index in [1.54, 1.807) is 36.6 Å². The average Bonchev–Trinajstić information content (AvgIpc) is 3.29. The molecule has 0 radical (unpaired) electrons. The molecular formula is C22H23N9O2. The van der Waals surface area contributed by atoms with Crippen LogP contribution in [0.3, 0.4) is 0 Å². The molecule has 0 fully saturated rings. The molecule has 4 aromatic rings. The van der Waals surface area contributed by atoms with Gasteiger partial charge in [-0.2, -0.15) is 5.10 Å². The van der Waals surface area contributed by atoms with Gasteiger partial charge in [0.2, 0.25) is 5.82 Å². The van der Waals surface area contributed by atoms with Crippen molar-refractivity contribution >= 4 is 11.6 Å². The van der Waals surface area contributed by atoms with Crippen LogP contribution in [0.5, 0.6) is 5.75 Å². The van der Waals surface area contributed by atoms with E-state index < -0.39 is 0 Å². The van der Waals surface area contributed by atoms with Gasteiger partial charge in [-0.25, -0.2) is 25.5 Å². The maximum atomic E-state index is 7.40. The quantitative estimate of drug-likeness (QED) is 0.279. The number of nitrogens with zero attached hydrogens (tertiary/aromatic N) is 7. The molecule has 0 aliphatic rings. The maximum absolute atomic E-state index is 7.40. The fraction of sp³-hybridized carbons (Fsp3) is 0.227. The third-order valence-corrected chi connectivity index (χ3v) is 4.69. The smallest absolute Gasteiger partial charge is 0.216 e. The van der Waals surface area contributed by atoms with Crippen LogP contribution in [-0.2, 0) is 18.3 Å². The van der Waals surface area contributed by atoms with Crippen LogP contribution in [-0.4, -0.2) is 50.0 Å². The molecule has 1 aromatic carbocycles. The summed E-state index contributed by atoms with van der Waals surface area (Å²) in [4.78, 5) is 17.6. The van der Waals surface area contributed by atoms with Gasteiger partial charge in [-0.05, 0) is 11.6 Å². The summed E-state index contributed by atoms with van der Waals surface area (Å²) < 4.78 is 12.2. The molecule has 2 N–H and O–H groups in total. The van der Waals surface area contributed by atoms with Gasteiger partial charge in [-0.15, -0.1) is 5.11 Å². The van der Waals surface area contributed by atoms with E-state index in [2.05, 4.69) is 35.5 Å². The van der Waals surface area contributed by atoms with E-state index in [1.807, 2.05) is 37.5 Å². The predicted octanol–water partition coefficient (Wildman–Crippen LogP) is 3.63. The minimum atomic E-state index is 0.214. The number of methoxy groups -OCH3 is 1. The lowest BCUT2D eigenvalue weighted by Gasteiger charge is -2.10. The lowest BCUT2D eigenvalue weighted by atomic mass is 10.1. The van der Waals surface area contributed by atoms with Gasteiger partial charge in [-0.1, -0.05) is 18.2 Å². The van der Waals surface area contributed by atoms with E-state index in [0.717, 1.165) is 16.7 Å². The molecule has 0 aliphatic heterocycles. The SMILES string of the molecule is COCCOc1cnc(-c2cccc(CNc3nc(-c4cnn(C)c4)cnc3N=N)c2)nc1. The molecule has 11 heteroatoms. The summed E-state index contributed by atoms with van der Waals surface area (Å²) in [6.07, 6.45) is 8.43. The molecular weight excluding hydrogens is 422 g/mol. The second-order valence-electron chi connectivity index (χ2n) is 7.08. The number of hydrogen-bond acceptors (Lipinski definition) is 10. The van der Waals surface area contributed by atoms with Crippen LogP contribution in [0.1, 0.15) is 5.56 Å². The third-order valence-electron chi connectivity index (χ3n) is 4.69. The first-order valence-corrected chi connectivity index (χ1v) is 10.2. The standard InChI is InChI=1S/C22H23N9O2/c1-31-14-17(10-28-31)19-13-27-22(30-23)21(29-19)24-9-15-4-3-5-16(8-15)20-25-11-18(12-26-20)33-7-6-32-2/h3-5,8,10-14,23H,6-7,9H2,1-2H3,(H,24,29). The number of hydrogen-bond donors (Lipinski definition) is 2. The van der Waals surface area contributed by atoms with Gasteiger partial charge in [0.1, 0.15) is 6.61 Å². The second kappa shape index (κ2) is 10.4. The van der Waals surface area contributed by atoms with Crippen molar-refractivity contribution in [2.24, 2.45) is 12.2 Å². The minimum absolute atomic E-state index is 0.214. The Balaban J connectivity index is 1.47. The summed E-state index contributed by atoms with van der Waals surface area (Å²) in [7, 11) is 3.46. The van der Waals surface area contributed by atoms with Crippen molar-refractivity contribution < 1.29 is 9.47 Å². The molecule has 11 nitrogen and oxygen atoms in total. The predicted molar refractivity (Wildman–Crippen MR) is 121 cm³/mol. The average molecular weight is 445 g/mol. The van der Waals surface area contributed by atoms with Gasteiger partial charge in [0, 0.05) is 38.0 Å². The summed E-state index contributed by atoms with van der Waals surface area (Å²) in [6, 6.07) is 7.85. The van der Waals surface area contributed by atoms with E-state index in [-0.39, 0.29) is 5.82 Å². The largest absolute Gasteiger partial charge is 0.488 e. The molecule has 0 saturated heterocycles. The highest BCUT2D eigenvalue weighted by molar-refractivity contribution is 5.64. The van der Waals surface area contributed by atoms with Crippen LogP contribution in [0.15, 0.2) is 60.4 Å². The Labute approximate surface area is 190 Å². The van der Waals surface area contributed by atoms with Gasteiger partial charge < -0.3 is 14.8 Å². The first-order valence-electron chi connectivity index (χ1n) is 10.2. The first-order chi connectivity index (χ1) is 16.2. The Morgan fingerprint density at radius 1 is 1.06 bits per heavy atom. The normalized spacial score (nSPS) is 10.7. The van der Waals surface area contributed by atoms with Crippen molar-refractivity contribution in [2.45, 2.75) is 6.54 Å². The number of benzene rings is 1. The van der Waals surface area contributed by atoms with Crippen LogP contribution < -0.4 is 10.1 Å². The summed E-state index contributed by atoms with van der Waals surface area (Å²) >= 11 is 0. The molecule has 3 heterocycles. The van der Waals surface area contributed by atoms with E-state index >= 15 is 0 Å². The number of aromatic nitrogens is 6. The molecule has 0 spiro atoms. The van der Waals surface area contributed by atoms with Crippen molar-refractivity contribution in [3.8, 4) is 28.4 Å². The van der Waals surface area contributed by atoms with Gasteiger partial charge in [0.15, 0.2) is 17.4 Å². The molecule has 3 aromatic heterocycles. The van der Waals surface area contributed by atoms with Crippen molar-refractivity contribution in [1.82, 2.24) is 29.7 Å². The molecule has 33 heavy (non-hydrogen) atoms. The maximum Gasteiger partial charge on any atom is 0.216 e.